The minimum atomic E-state index is -1.06. The molecule has 1 rings (SSSR count). The summed E-state index contributed by atoms with van der Waals surface area (Å²) in [6, 6.07) is -2.85. The lowest BCUT2D eigenvalue weighted by atomic mass is 9.96. The van der Waals surface area contributed by atoms with E-state index in [4.69, 9.17) is 38.5 Å². The minimum absolute atomic E-state index is 0.000850. The number of ketones is 3. The van der Waals surface area contributed by atoms with Gasteiger partial charge in [-0.1, -0.05) is 68.0 Å². The molecular formula is C39H68N8O7S2. The van der Waals surface area contributed by atoms with Gasteiger partial charge in [0.15, 0.2) is 11.6 Å². The van der Waals surface area contributed by atoms with Gasteiger partial charge in [0, 0.05) is 59.9 Å². The lowest BCUT2D eigenvalue weighted by molar-refractivity contribution is -0.143. The molecule has 0 saturated carbocycles. The van der Waals surface area contributed by atoms with Gasteiger partial charge in [0.2, 0.25) is 11.8 Å². The molecule has 0 spiro atoms. The molecule has 0 radical (unpaired) electrons. The summed E-state index contributed by atoms with van der Waals surface area (Å²) >= 11 is 0. The highest BCUT2D eigenvalue weighted by Crippen LogP contribution is 2.35. The zero-order valence-electron chi connectivity index (χ0n) is 33.8. The Morgan fingerprint density at radius 3 is 1.68 bits per heavy atom. The first kappa shape index (κ1) is 51.0. The Labute approximate surface area is 340 Å². The van der Waals surface area contributed by atoms with E-state index in [1.165, 1.54) is 0 Å². The standard InChI is InChI=1S/C39H68N8O7S2/c1-39(2,3)56-55-25-33-37(52)47(24-36(51)46-33)20-12-4-5-16-29(48)21-26(40)13-6-9-17-30(43)34(49)22-27(41)14-7-10-18-31(44)35(50)23-28(42)15-8-11-19-32(45)38(53)54/h30-33,40-42H,4-25,43-45H2,1-3H3,(H,46,51)(H,53,54). The number of aliphatic carboxylic acids is 1. The summed E-state index contributed by atoms with van der Waals surface area (Å²) in [5, 5.41) is 36.0. The average Bonchev–Trinajstić information content (AvgIpc) is 3.10. The van der Waals surface area contributed by atoms with E-state index in [1.54, 1.807) is 26.5 Å². The molecule has 0 aromatic rings. The molecule has 0 aromatic heterocycles. The smallest absolute Gasteiger partial charge is 0.320 e. The number of unbranched alkanes of at least 4 members (excludes halogenated alkanes) is 5. The summed E-state index contributed by atoms with van der Waals surface area (Å²) in [5.74, 6) is -1.19. The lowest BCUT2D eigenvalue weighted by Crippen LogP contribution is -2.59. The van der Waals surface area contributed by atoms with Gasteiger partial charge in [-0.05, 0) is 70.6 Å². The van der Waals surface area contributed by atoms with Gasteiger partial charge >= 0.3 is 5.97 Å². The first-order valence-electron chi connectivity index (χ1n) is 19.9. The largest absolute Gasteiger partial charge is 0.480 e. The molecule has 1 saturated heterocycles. The molecule has 1 heterocycles. The third-order valence-corrected chi connectivity index (χ3v) is 12.6. The Balaban J connectivity index is 2.15. The summed E-state index contributed by atoms with van der Waals surface area (Å²) in [4.78, 5) is 74.7. The van der Waals surface area contributed by atoms with Crippen LogP contribution in [-0.2, 0) is 28.8 Å². The van der Waals surface area contributed by atoms with Crippen molar-refractivity contribution in [2.24, 2.45) is 17.2 Å². The van der Waals surface area contributed by atoms with E-state index in [9.17, 15) is 28.8 Å². The fraction of sp³-hybridized carbons (Fsp3) is 0.769. The van der Waals surface area contributed by atoms with Crippen LogP contribution in [0.1, 0.15) is 143 Å². The van der Waals surface area contributed by atoms with E-state index >= 15 is 0 Å². The molecule has 1 aliphatic heterocycles. The molecule has 1 aliphatic rings. The van der Waals surface area contributed by atoms with Crippen LogP contribution in [0.5, 0.6) is 0 Å². The molecule has 11 N–H and O–H groups in total. The molecule has 2 amide bonds. The zero-order valence-corrected chi connectivity index (χ0v) is 35.4. The molecule has 0 bridgehead atoms. The Morgan fingerprint density at radius 2 is 1.20 bits per heavy atom. The van der Waals surface area contributed by atoms with Gasteiger partial charge < -0.3 is 48.8 Å². The van der Waals surface area contributed by atoms with Crippen molar-refractivity contribution >= 4 is 73.9 Å². The number of nitrogens with one attached hydrogen (secondary N) is 4. The van der Waals surface area contributed by atoms with Crippen LogP contribution in [0, 0.1) is 16.2 Å². The number of amides is 2. The molecule has 318 valence electrons. The van der Waals surface area contributed by atoms with Gasteiger partial charge in [0.1, 0.15) is 17.9 Å². The number of Topliss-reactive ketones (excluding diaryl/α,β-unsaturated/α-hetero) is 3. The number of nitrogens with two attached hydrogens (primary N) is 3. The zero-order chi connectivity index (χ0) is 42.3. The molecule has 17 heteroatoms. The number of carbonyl (C=O) groups excluding carboxylic acids is 5. The molecule has 15 nitrogen and oxygen atoms in total. The summed E-state index contributed by atoms with van der Waals surface area (Å²) in [6.07, 6.45) is 8.48. The van der Waals surface area contributed by atoms with Crippen molar-refractivity contribution in [3.63, 3.8) is 0 Å². The molecule has 0 aliphatic carbocycles. The lowest BCUT2D eigenvalue weighted by Gasteiger charge is -2.32. The normalized spacial score (nSPS) is 16.2. The Kier molecular flexibility index (Phi) is 25.2. The highest BCUT2D eigenvalue weighted by Gasteiger charge is 2.32. The van der Waals surface area contributed by atoms with E-state index in [0.29, 0.717) is 114 Å². The Hall–Kier alpha value is -2.99. The molecular weight excluding hydrogens is 757 g/mol. The van der Waals surface area contributed by atoms with Crippen LogP contribution >= 0.6 is 21.6 Å². The highest BCUT2D eigenvalue weighted by atomic mass is 33.1. The van der Waals surface area contributed by atoms with Crippen LogP contribution < -0.4 is 22.5 Å². The van der Waals surface area contributed by atoms with Crippen molar-refractivity contribution < 1.29 is 33.9 Å². The van der Waals surface area contributed by atoms with Gasteiger partial charge in [0.25, 0.3) is 0 Å². The maximum Gasteiger partial charge on any atom is 0.320 e. The molecule has 56 heavy (non-hydrogen) atoms. The van der Waals surface area contributed by atoms with Crippen LogP contribution in [0.3, 0.4) is 0 Å². The second kappa shape index (κ2) is 27.6. The van der Waals surface area contributed by atoms with Crippen molar-refractivity contribution in [3.8, 4) is 0 Å². The van der Waals surface area contributed by atoms with Gasteiger partial charge in [-0.25, -0.2) is 0 Å². The number of rotatable bonds is 33. The summed E-state index contributed by atoms with van der Waals surface area (Å²) in [6.45, 7) is 6.83. The first-order chi connectivity index (χ1) is 26.3. The Morgan fingerprint density at radius 1 is 0.732 bits per heavy atom. The number of piperazine rings is 1. The highest BCUT2D eigenvalue weighted by molar-refractivity contribution is 8.77. The summed E-state index contributed by atoms with van der Waals surface area (Å²) in [5.41, 5.74) is 18.4. The van der Waals surface area contributed by atoms with Crippen molar-refractivity contribution in [2.45, 2.75) is 172 Å². The SMILES string of the molecule is CC(C)(C)SSCC1NC(=O)CN(CCCCCC(=O)CC(=N)CCCCC(N)C(=O)CC(=N)CCCCC(N)C(=O)CC(=N)CCCCC(N)C(=O)O)C1=O. The van der Waals surface area contributed by atoms with Crippen molar-refractivity contribution in [2.75, 3.05) is 18.8 Å². The van der Waals surface area contributed by atoms with Crippen molar-refractivity contribution in [1.82, 2.24) is 10.2 Å². The summed E-state index contributed by atoms with van der Waals surface area (Å²) < 4.78 is 0.0567. The third kappa shape index (κ3) is 23.9. The monoisotopic (exact) mass is 824 g/mol. The topological polar surface area (TPSA) is 288 Å². The molecule has 4 unspecified atom stereocenters. The van der Waals surface area contributed by atoms with E-state index in [1.807, 2.05) is 0 Å². The third-order valence-electron chi connectivity index (χ3n) is 9.27. The van der Waals surface area contributed by atoms with Crippen LogP contribution in [-0.4, -0.2) is 110 Å². The average molecular weight is 825 g/mol. The summed E-state index contributed by atoms with van der Waals surface area (Å²) in [7, 11) is 3.26. The van der Waals surface area contributed by atoms with Crippen LogP contribution in [0.4, 0.5) is 0 Å². The van der Waals surface area contributed by atoms with E-state index in [2.05, 4.69) is 26.1 Å². The second-order valence-electron chi connectivity index (χ2n) is 15.9. The fourth-order valence-electron chi connectivity index (χ4n) is 5.98. The quantitative estimate of drug-likeness (QED) is 0.0253. The van der Waals surface area contributed by atoms with Crippen LogP contribution in [0.15, 0.2) is 0 Å². The fourth-order valence-corrected chi connectivity index (χ4v) is 8.44. The number of hydrogen-bond acceptors (Lipinski definition) is 14. The maximum atomic E-state index is 12.8. The van der Waals surface area contributed by atoms with Crippen molar-refractivity contribution in [1.29, 1.82) is 16.2 Å². The van der Waals surface area contributed by atoms with Gasteiger partial charge in [0.05, 0.1) is 18.6 Å². The van der Waals surface area contributed by atoms with Crippen LogP contribution in [0.2, 0.25) is 0 Å². The van der Waals surface area contributed by atoms with E-state index in [-0.39, 0.29) is 71.1 Å². The molecule has 0 aromatic carbocycles. The maximum absolute atomic E-state index is 12.8. The van der Waals surface area contributed by atoms with Gasteiger partial charge in [-0.2, -0.15) is 0 Å². The van der Waals surface area contributed by atoms with E-state index in [0.717, 1.165) is 6.42 Å². The number of carbonyl (C=O) groups is 6. The van der Waals surface area contributed by atoms with Crippen LogP contribution in [0.25, 0.3) is 0 Å². The van der Waals surface area contributed by atoms with Gasteiger partial charge in [-0.15, -0.1) is 0 Å². The number of hydrogen-bond donors (Lipinski definition) is 8. The predicted octanol–water partition coefficient (Wildman–Crippen LogP) is 4.74. The molecule has 4 atom stereocenters. The first-order valence-corrected chi connectivity index (χ1v) is 22.2. The Bertz CT molecular complexity index is 1360. The number of carboxylic acid groups (broad SMARTS) is 1. The van der Waals surface area contributed by atoms with Crippen molar-refractivity contribution in [3.05, 3.63) is 0 Å². The second-order valence-corrected chi connectivity index (χ2v) is 19.0. The minimum Gasteiger partial charge on any atom is -0.480 e. The predicted molar refractivity (Wildman–Crippen MR) is 226 cm³/mol. The molecule has 1 fully saturated rings. The van der Waals surface area contributed by atoms with E-state index < -0.39 is 30.1 Å². The van der Waals surface area contributed by atoms with Gasteiger partial charge in [-0.3, -0.25) is 28.8 Å². The number of carboxylic acids is 1. The number of nitrogens with zero attached hydrogens (tertiary/aromatic N) is 1.